The van der Waals surface area contributed by atoms with E-state index in [1.165, 1.54) is 16.8 Å². The van der Waals surface area contributed by atoms with Gasteiger partial charge in [-0.3, -0.25) is 19.1 Å². The van der Waals surface area contributed by atoms with Crippen LogP contribution in [0.4, 0.5) is 5.69 Å². The van der Waals surface area contributed by atoms with Gasteiger partial charge in [-0.1, -0.05) is 35.9 Å². The summed E-state index contributed by atoms with van der Waals surface area (Å²) in [6.07, 6.45) is 1.40. The van der Waals surface area contributed by atoms with Gasteiger partial charge in [0.15, 0.2) is 0 Å². The van der Waals surface area contributed by atoms with Gasteiger partial charge in [0.1, 0.15) is 0 Å². The number of rotatable bonds is 4. The Hall–Kier alpha value is -3.90. The second kappa shape index (κ2) is 8.45. The second-order valence-electron chi connectivity index (χ2n) is 7.03. The van der Waals surface area contributed by atoms with Gasteiger partial charge in [0.2, 0.25) is 0 Å². The molecule has 2 N–H and O–H groups in total. The van der Waals surface area contributed by atoms with E-state index in [0.29, 0.717) is 22.0 Å². The summed E-state index contributed by atoms with van der Waals surface area (Å²) >= 11 is 6.23. The molecule has 1 amide bonds. The molecule has 4 aromatic rings. The number of amides is 1. The van der Waals surface area contributed by atoms with Crippen molar-refractivity contribution in [2.75, 3.05) is 5.32 Å². The fraction of sp³-hybridized carbons (Fsp3) is 0.0417. The summed E-state index contributed by atoms with van der Waals surface area (Å²) in [6, 6.07) is 21.1. The van der Waals surface area contributed by atoms with Crippen LogP contribution in [0.5, 0.6) is 0 Å². The van der Waals surface area contributed by atoms with Crippen LogP contribution in [-0.4, -0.2) is 15.5 Å². The van der Waals surface area contributed by atoms with Gasteiger partial charge in [0, 0.05) is 28.5 Å². The molecule has 0 fully saturated rings. The maximum Gasteiger partial charge on any atom is 0.332 e. The standard InChI is InChI=1S/C24H18ClN3O3/c1-15-5-6-17(14-21(15)25)16-3-2-4-18(13-16)23(30)26-19-7-9-20(10-8-19)28-12-11-22(29)27-24(28)31/h2-14H,1H3,(H,26,30)(H,27,29,31). The van der Waals surface area contributed by atoms with Crippen molar-refractivity contribution in [1.29, 1.82) is 0 Å². The monoisotopic (exact) mass is 431 g/mol. The fourth-order valence-corrected chi connectivity index (χ4v) is 3.32. The molecule has 0 saturated heterocycles. The van der Waals surface area contributed by atoms with Crippen LogP contribution in [0.1, 0.15) is 15.9 Å². The lowest BCUT2D eigenvalue weighted by molar-refractivity contribution is 0.102. The number of nitrogens with zero attached hydrogens (tertiary/aromatic N) is 1. The van der Waals surface area contributed by atoms with E-state index in [9.17, 15) is 14.4 Å². The van der Waals surface area contributed by atoms with E-state index >= 15 is 0 Å². The minimum atomic E-state index is -0.530. The maximum absolute atomic E-state index is 12.7. The Morgan fingerprint density at radius 2 is 1.68 bits per heavy atom. The first-order chi connectivity index (χ1) is 14.9. The molecule has 6 nitrogen and oxygen atoms in total. The number of nitrogens with one attached hydrogen (secondary N) is 2. The van der Waals surface area contributed by atoms with Gasteiger partial charge >= 0.3 is 5.69 Å². The SMILES string of the molecule is Cc1ccc(-c2cccc(C(=O)Nc3ccc(-n4ccc(=O)[nH]c4=O)cc3)c2)cc1Cl. The van der Waals surface area contributed by atoms with Crippen molar-refractivity contribution in [2.45, 2.75) is 6.92 Å². The molecule has 3 aromatic carbocycles. The first kappa shape index (κ1) is 20.4. The van der Waals surface area contributed by atoms with Crippen molar-refractivity contribution in [3.63, 3.8) is 0 Å². The van der Waals surface area contributed by atoms with Crippen LogP contribution in [0.3, 0.4) is 0 Å². The molecule has 4 rings (SSSR count). The predicted octanol–water partition coefficient (Wildman–Crippen LogP) is 4.41. The number of carbonyl (C=O) groups is 1. The van der Waals surface area contributed by atoms with Crippen LogP contribution in [0, 0.1) is 6.92 Å². The highest BCUT2D eigenvalue weighted by molar-refractivity contribution is 6.31. The van der Waals surface area contributed by atoms with E-state index in [2.05, 4.69) is 10.3 Å². The van der Waals surface area contributed by atoms with Crippen LogP contribution in [0.25, 0.3) is 16.8 Å². The summed E-state index contributed by atoms with van der Waals surface area (Å²) in [5.41, 5.74) is 3.48. The first-order valence-electron chi connectivity index (χ1n) is 9.51. The minimum Gasteiger partial charge on any atom is -0.322 e. The first-order valence-corrected chi connectivity index (χ1v) is 9.89. The molecule has 0 radical (unpaired) electrons. The quantitative estimate of drug-likeness (QED) is 0.502. The lowest BCUT2D eigenvalue weighted by Gasteiger charge is -2.10. The van der Waals surface area contributed by atoms with Crippen LogP contribution < -0.4 is 16.6 Å². The Morgan fingerprint density at radius 3 is 2.39 bits per heavy atom. The summed E-state index contributed by atoms with van der Waals surface area (Å²) in [4.78, 5) is 38.1. The van der Waals surface area contributed by atoms with Crippen molar-refractivity contribution in [3.05, 3.63) is 116 Å². The van der Waals surface area contributed by atoms with Crippen LogP contribution in [0.2, 0.25) is 5.02 Å². The zero-order valence-corrected chi connectivity index (χ0v) is 17.3. The summed E-state index contributed by atoms with van der Waals surface area (Å²) < 4.78 is 1.31. The van der Waals surface area contributed by atoms with Crippen LogP contribution in [0.15, 0.2) is 88.6 Å². The highest BCUT2D eigenvalue weighted by atomic mass is 35.5. The number of hydrogen-bond donors (Lipinski definition) is 2. The van der Waals surface area contributed by atoms with E-state index in [4.69, 9.17) is 11.6 Å². The second-order valence-corrected chi connectivity index (χ2v) is 7.43. The summed E-state index contributed by atoms with van der Waals surface area (Å²) in [5, 5.41) is 3.52. The average Bonchev–Trinajstić information content (AvgIpc) is 2.76. The highest BCUT2D eigenvalue weighted by Gasteiger charge is 2.09. The Labute approximate surface area is 182 Å². The zero-order chi connectivity index (χ0) is 22.0. The number of halogens is 1. The Kier molecular flexibility index (Phi) is 5.56. The normalized spacial score (nSPS) is 10.6. The summed E-state index contributed by atoms with van der Waals surface area (Å²) in [6.45, 7) is 1.94. The molecule has 1 aromatic heterocycles. The summed E-state index contributed by atoms with van der Waals surface area (Å²) in [7, 11) is 0. The maximum atomic E-state index is 12.7. The molecule has 0 unspecified atom stereocenters. The molecular weight excluding hydrogens is 414 g/mol. The lowest BCUT2D eigenvalue weighted by atomic mass is 10.0. The summed E-state index contributed by atoms with van der Waals surface area (Å²) in [5.74, 6) is -0.256. The predicted molar refractivity (Wildman–Crippen MR) is 122 cm³/mol. The third-order valence-electron chi connectivity index (χ3n) is 4.86. The number of H-pyrrole nitrogens is 1. The molecule has 0 bridgehead atoms. The fourth-order valence-electron chi connectivity index (χ4n) is 3.14. The number of aryl methyl sites for hydroxylation is 1. The molecule has 0 aliphatic heterocycles. The van der Waals surface area contributed by atoms with Crippen molar-refractivity contribution in [1.82, 2.24) is 9.55 Å². The minimum absolute atomic E-state index is 0.256. The zero-order valence-electron chi connectivity index (χ0n) is 16.6. The Bertz CT molecular complexity index is 1390. The largest absolute Gasteiger partial charge is 0.332 e. The van der Waals surface area contributed by atoms with Gasteiger partial charge in [0.25, 0.3) is 11.5 Å². The molecule has 0 aliphatic carbocycles. The van der Waals surface area contributed by atoms with E-state index < -0.39 is 11.2 Å². The van der Waals surface area contributed by atoms with Crippen LogP contribution >= 0.6 is 11.6 Å². The molecular formula is C24H18ClN3O3. The van der Waals surface area contributed by atoms with Crippen molar-refractivity contribution >= 4 is 23.2 Å². The highest BCUT2D eigenvalue weighted by Crippen LogP contribution is 2.26. The molecule has 31 heavy (non-hydrogen) atoms. The Balaban J connectivity index is 1.54. The topological polar surface area (TPSA) is 84.0 Å². The third kappa shape index (κ3) is 4.49. The van der Waals surface area contributed by atoms with E-state index in [-0.39, 0.29) is 5.91 Å². The molecule has 0 saturated carbocycles. The third-order valence-corrected chi connectivity index (χ3v) is 5.26. The number of aromatic amines is 1. The number of hydrogen-bond acceptors (Lipinski definition) is 3. The van der Waals surface area contributed by atoms with Gasteiger partial charge in [-0.25, -0.2) is 4.79 Å². The molecule has 0 aliphatic rings. The average molecular weight is 432 g/mol. The van der Waals surface area contributed by atoms with Gasteiger partial charge in [0.05, 0.1) is 5.69 Å². The molecule has 7 heteroatoms. The van der Waals surface area contributed by atoms with Gasteiger partial charge in [-0.15, -0.1) is 0 Å². The molecule has 1 heterocycles. The molecule has 0 spiro atoms. The van der Waals surface area contributed by atoms with E-state index in [1.807, 2.05) is 43.3 Å². The van der Waals surface area contributed by atoms with Gasteiger partial charge < -0.3 is 5.32 Å². The van der Waals surface area contributed by atoms with E-state index in [1.54, 1.807) is 30.3 Å². The lowest BCUT2D eigenvalue weighted by Crippen LogP contribution is -2.27. The van der Waals surface area contributed by atoms with Gasteiger partial charge in [-0.05, 0) is 66.1 Å². The van der Waals surface area contributed by atoms with E-state index in [0.717, 1.165) is 16.7 Å². The smallest absolute Gasteiger partial charge is 0.322 e. The number of carbonyl (C=O) groups excluding carboxylic acids is 1. The number of benzene rings is 3. The molecule has 154 valence electrons. The van der Waals surface area contributed by atoms with Gasteiger partial charge in [-0.2, -0.15) is 0 Å². The van der Waals surface area contributed by atoms with Crippen molar-refractivity contribution in [2.24, 2.45) is 0 Å². The number of aromatic nitrogens is 2. The van der Waals surface area contributed by atoms with Crippen LogP contribution in [-0.2, 0) is 0 Å². The number of anilines is 1. The molecule has 0 atom stereocenters. The van der Waals surface area contributed by atoms with Crippen molar-refractivity contribution in [3.8, 4) is 16.8 Å². The van der Waals surface area contributed by atoms with Crippen molar-refractivity contribution < 1.29 is 4.79 Å². The Morgan fingerprint density at radius 1 is 0.935 bits per heavy atom.